The first-order chi connectivity index (χ1) is 17.7. The number of ether oxygens (including phenoxy) is 2. The third-order valence-corrected chi connectivity index (χ3v) is 6.07. The number of nitrogens with one attached hydrogen (secondary N) is 3. The van der Waals surface area contributed by atoms with Crippen molar-refractivity contribution in [3.8, 4) is 11.8 Å². The molecule has 0 radical (unpaired) electrons. The van der Waals surface area contributed by atoms with Crippen LogP contribution in [-0.4, -0.2) is 41.9 Å². The fraction of sp³-hybridized carbons (Fsp3) is 0.160. The first-order valence-corrected chi connectivity index (χ1v) is 11.6. The maximum absolute atomic E-state index is 13.3. The van der Waals surface area contributed by atoms with Crippen molar-refractivity contribution in [1.82, 2.24) is 9.97 Å². The average Bonchev–Trinajstić information content (AvgIpc) is 3.29. The third kappa shape index (κ3) is 5.92. The Balaban J connectivity index is 1.67. The molecule has 2 amide bonds. The second-order valence-electron chi connectivity index (χ2n) is 7.83. The summed E-state index contributed by atoms with van der Waals surface area (Å²) < 4.78 is 35.1. The number of hydrogen-bond donors (Lipinski definition) is 3. The van der Waals surface area contributed by atoms with Gasteiger partial charge in [-0.2, -0.15) is 4.98 Å². The van der Waals surface area contributed by atoms with E-state index in [1.54, 1.807) is 31.2 Å². The molecule has 0 unspecified atom stereocenters. The summed E-state index contributed by atoms with van der Waals surface area (Å²) in [5, 5.41) is 6.05. The number of amides is 2. The van der Waals surface area contributed by atoms with Gasteiger partial charge in [0.2, 0.25) is 0 Å². The number of alkyl halides is 2. The SMILES string of the molecule is COc1nc2c(C(=O)Nc3cccc(Cl)c3C)cc(NC(=O)c3cc(OCC(F)F)ccc3Cl)cc2[nH]1. The van der Waals surface area contributed by atoms with Crippen LogP contribution in [-0.2, 0) is 0 Å². The van der Waals surface area contributed by atoms with E-state index in [1.165, 1.54) is 31.4 Å². The predicted molar refractivity (Wildman–Crippen MR) is 138 cm³/mol. The highest BCUT2D eigenvalue weighted by atomic mass is 35.5. The van der Waals surface area contributed by atoms with Crippen molar-refractivity contribution < 1.29 is 27.8 Å². The van der Waals surface area contributed by atoms with Crippen LogP contribution in [0.15, 0.2) is 48.5 Å². The molecule has 12 heteroatoms. The average molecular weight is 549 g/mol. The Morgan fingerprint density at radius 3 is 2.51 bits per heavy atom. The fourth-order valence-electron chi connectivity index (χ4n) is 3.50. The van der Waals surface area contributed by atoms with Crippen LogP contribution in [0, 0.1) is 6.92 Å². The Bertz CT molecular complexity index is 1490. The molecule has 3 aromatic carbocycles. The topological polar surface area (TPSA) is 105 Å². The zero-order chi connectivity index (χ0) is 26.7. The summed E-state index contributed by atoms with van der Waals surface area (Å²) in [5.74, 6) is -1.09. The van der Waals surface area contributed by atoms with Gasteiger partial charge in [0.25, 0.3) is 24.3 Å². The van der Waals surface area contributed by atoms with E-state index < -0.39 is 24.8 Å². The molecular weight excluding hydrogens is 529 g/mol. The number of aromatic amines is 1. The van der Waals surface area contributed by atoms with E-state index in [9.17, 15) is 18.4 Å². The van der Waals surface area contributed by atoms with E-state index in [0.29, 0.717) is 27.3 Å². The maximum Gasteiger partial charge on any atom is 0.294 e. The number of hydrogen-bond acceptors (Lipinski definition) is 5. The van der Waals surface area contributed by atoms with E-state index >= 15 is 0 Å². The molecule has 0 atom stereocenters. The molecule has 0 fully saturated rings. The Hall–Kier alpha value is -3.89. The number of aromatic nitrogens is 2. The molecule has 3 N–H and O–H groups in total. The van der Waals surface area contributed by atoms with Crippen molar-refractivity contribution in [2.75, 3.05) is 24.4 Å². The number of carbonyl (C=O) groups excluding carboxylic acids is 2. The molecule has 4 aromatic rings. The van der Waals surface area contributed by atoms with Gasteiger partial charge in [-0.3, -0.25) is 9.59 Å². The quantitative estimate of drug-likeness (QED) is 0.238. The first kappa shape index (κ1) is 26.2. The Kier molecular flexibility index (Phi) is 7.80. The van der Waals surface area contributed by atoms with Gasteiger partial charge in [0.15, 0.2) is 0 Å². The molecule has 37 heavy (non-hydrogen) atoms. The number of imidazole rings is 1. The summed E-state index contributed by atoms with van der Waals surface area (Å²) >= 11 is 12.3. The second kappa shape index (κ2) is 11.0. The van der Waals surface area contributed by atoms with Crippen molar-refractivity contribution in [3.05, 3.63) is 75.3 Å². The number of nitrogens with zero attached hydrogens (tertiary/aromatic N) is 1. The molecule has 0 aliphatic heterocycles. The zero-order valence-corrected chi connectivity index (χ0v) is 21.0. The number of methoxy groups -OCH3 is 1. The molecule has 0 saturated heterocycles. The number of fused-ring (bicyclic) bond motifs is 1. The van der Waals surface area contributed by atoms with Crippen LogP contribution in [0.3, 0.4) is 0 Å². The molecular formula is C25H20Cl2F2N4O4. The largest absolute Gasteiger partial charge is 0.488 e. The lowest BCUT2D eigenvalue weighted by Gasteiger charge is -2.12. The molecule has 0 aliphatic carbocycles. The van der Waals surface area contributed by atoms with Gasteiger partial charge in [0.05, 0.1) is 28.8 Å². The van der Waals surface area contributed by atoms with Gasteiger partial charge in [0, 0.05) is 16.4 Å². The van der Waals surface area contributed by atoms with Gasteiger partial charge in [-0.1, -0.05) is 29.3 Å². The van der Waals surface area contributed by atoms with Crippen LogP contribution >= 0.6 is 23.2 Å². The summed E-state index contributed by atoms with van der Waals surface area (Å²) in [7, 11) is 1.42. The van der Waals surface area contributed by atoms with E-state index in [-0.39, 0.29) is 33.6 Å². The normalized spacial score (nSPS) is 11.0. The summed E-state index contributed by atoms with van der Waals surface area (Å²) in [5.41, 5.74) is 2.31. The highest BCUT2D eigenvalue weighted by Gasteiger charge is 2.20. The van der Waals surface area contributed by atoms with Crippen molar-refractivity contribution in [2.24, 2.45) is 0 Å². The maximum atomic E-state index is 13.3. The van der Waals surface area contributed by atoms with Crippen LogP contribution in [0.2, 0.25) is 10.0 Å². The van der Waals surface area contributed by atoms with E-state index in [0.717, 1.165) is 0 Å². The Morgan fingerprint density at radius 2 is 1.78 bits per heavy atom. The highest BCUT2D eigenvalue weighted by molar-refractivity contribution is 6.34. The highest BCUT2D eigenvalue weighted by Crippen LogP contribution is 2.29. The fourth-order valence-corrected chi connectivity index (χ4v) is 3.87. The van der Waals surface area contributed by atoms with Crippen LogP contribution in [0.1, 0.15) is 26.3 Å². The summed E-state index contributed by atoms with van der Waals surface area (Å²) in [6.45, 7) is 0.941. The lowest BCUT2D eigenvalue weighted by molar-refractivity contribution is 0.0818. The number of benzene rings is 3. The lowest BCUT2D eigenvalue weighted by Crippen LogP contribution is -2.16. The number of carbonyl (C=O) groups is 2. The van der Waals surface area contributed by atoms with Crippen molar-refractivity contribution in [2.45, 2.75) is 13.3 Å². The molecule has 0 spiro atoms. The second-order valence-corrected chi connectivity index (χ2v) is 8.64. The van der Waals surface area contributed by atoms with Crippen molar-refractivity contribution >= 4 is 57.4 Å². The van der Waals surface area contributed by atoms with Crippen LogP contribution in [0.5, 0.6) is 11.8 Å². The number of halogens is 4. The zero-order valence-electron chi connectivity index (χ0n) is 19.5. The molecule has 8 nitrogen and oxygen atoms in total. The summed E-state index contributed by atoms with van der Waals surface area (Å²) in [4.78, 5) is 33.5. The number of anilines is 2. The van der Waals surface area contributed by atoms with Gasteiger partial charge in [-0.15, -0.1) is 0 Å². The number of H-pyrrole nitrogens is 1. The molecule has 4 rings (SSSR count). The lowest BCUT2D eigenvalue weighted by atomic mass is 10.1. The minimum atomic E-state index is -2.67. The van der Waals surface area contributed by atoms with Gasteiger partial charge < -0.3 is 25.1 Å². The van der Waals surface area contributed by atoms with Gasteiger partial charge in [0.1, 0.15) is 17.9 Å². The van der Waals surface area contributed by atoms with E-state index in [4.69, 9.17) is 32.7 Å². The first-order valence-electron chi connectivity index (χ1n) is 10.8. The van der Waals surface area contributed by atoms with Crippen LogP contribution in [0.25, 0.3) is 11.0 Å². The third-order valence-electron chi connectivity index (χ3n) is 5.34. The summed E-state index contributed by atoms with van der Waals surface area (Å²) in [6.07, 6.45) is -2.67. The van der Waals surface area contributed by atoms with Crippen LogP contribution in [0.4, 0.5) is 20.2 Å². The standard InChI is InChI=1S/C25H20Cl2F2N4O4/c1-12-17(26)4-3-5-19(12)31-24(35)16-8-13(9-20-22(16)33-25(32-20)36-2)30-23(34)15-10-14(6-7-18(15)27)37-11-21(28)29/h3-10,21H,11H2,1-2H3,(H,30,34)(H,31,35)(H,32,33). The van der Waals surface area contributed by atoms with Gasteiger partial charge >= 0.3 is 0 Å². The molecule has 0 saturated carbocycles. The minimum absolute atomic E-state index is 0.00345. The Morgan fingerprint density at radius 1 is 1.03 bits per heavy atom. The van der Waals surface area contributed by atoms with Crippen LogP contribution < -0.4 is 20.1 Å². The molecule has 0 aliphatic rings. The van der Waals surface area contributed by atoms with Crippen molar-refractivity contribution in [3.63, 3.8) is 0 Å². The number of rotatable bonds is 8. The monoisotopic (exact) mass is 548 g/mol. The molecule has 0 bridgehead atoms. The van der Waals surface area contributed by atoms with Gasteiger partial charge in [-0.25, -0.2) is 8.78 Å². The van der Waals surface area contributed by atoms with Crippen molar-refractivity contribution in [1.29, 1.82) is 0 Å². The molecule has 192 valence electrons. The molecule has 1 heterocycles. The Labute approximate surface area is 219 Å². The van der Waals surface area contributed by atoms with E-state index in [1.807, 2.05) is 0 Å². The van der Waals surface area contributed by atoms with E-state index in [2.05, 4.69) is 20.6 Å². The van der Waals surface area contributed by atoms with Gasteiger partial charge in [-0.05, 0) is 55.0 Å². The summed E-state index contributed by atoms with van der Waals surface area (Å²) in [6, 6.07) is 12.3. The predicted octanol–water partition coefficient (Wildman–Crippen LogP) is 6.34. The molecule has 1 aromatic heterocycles. The smallest absolute Gasteiger partial charge is 0.294 e. The minimum Gasteiger partial charge on any atom is -0.488 e.